The van der Waals surface area contributed by atoms with Crippen molar-refractivity contribution in [1.82, 2.24) is 0 Å². The molecule has 1 aliphatic rings. The van der Waals surface area contributed by atoms with Crippen LogP contribution in [0.25, 0.3) is 0 Å². The lowest BCUT2D eigenvalue weighted by molar-refractivity contribution is -0.159. The van der Waals surface area contributed by atoms with E-state index >= 15 is 0 Å². The summed E-state index contributed by atoms with van der Waals surface area (Å²) in [7, 11) is 3.95. The van der Waals surface area contributed by atoms with Gasteiger partial charge in [-0.05, 0) is 25.7 Å². The Morgan fingerprint density at radius 2 is 1.22 bits per heavy atom. The molecular weight excluding hydrogens is 447 g/mol. The summed E-state index contributed by atoms with van der Waals surface area (Å²) in [6.07, 6.45) is 24.2. The van der Waals surface area contributed by atoms with Crippen molar-refractivity contribution in [2.75, 3.05) is 20.3 Å². The van der Waals surface area contributed by atoms with Gasteiger partial charge in [0.05, 0.1) is 18.7 Å². The van der Waals surface area contributed by atoms with Gasteiger partial charge < -0.3 is 18.9 Å². The van der Waals surface area contributed by atoms with Crippen LogP contribution in [0.2, 0.25) is 0 Å². The first-order chi connectivity index (χ1) is 17.6. The van der Waals surface area contributed by atoms with Crippen LogP contribution in [0.5, 0.6) is 0 Å². The zero-order valence-corrected chi connectivity index (χ0v) is 25.3. The lowest BCUT2D eigenvalue weighted by Gasteiger charge is -2.37. The minimum atomic E-state index is -0.412. The molecule has 0 aromatic heterocycles. The number of rotatable bonds is 25. The number of unbranched alkanes of at least 4 members (excludes halogenated alkanes) is 13. The number of hydrogen-bond acceptors (Lipinski definition) is 4. The first-order valence-electron chi connectivity index (χ1n) is 16.0. The Balaban J connectivity index is 2.73. The second kappa shape index (κ2) is 21.8. The largest absolute Gasteiger partial charge is 0.378 e. The summed E-state index contributed by atoms with van der Waals surface area (Å²) in [5.74, 6) is 0. The molecule has 0 radical (unpaired) electrons. The fraction of sp³-hybridized carbons (Fsp3) is 1.00. The summed E-state index contributed by atoms with van der Waals surface area (Å²) in [5, 5.41) is 0. The molecule has 1 rings (SSSR count). The van der Waals surface area contributed by atoms with Crippen LogP contribution in [0.1, 0.15) is 150 Å². The molecule has 0 amide bonds. The Hall–Kier alpha value is -0.0951. The van der Waals surface area contributed by atoms with Gasteiger partial charge in [0.15, 0.2) is 0 Å². The Morgan fingerprint density at radius 1 is 0.722 bits per heavy atom. The Labute approximate surface area is 226 Å². The quantitative estimate of drug-likeness (QED) is 0.0921. The second-order valence-corrected chi connectivity index (χ2v) is 11.3. The molecule has 214 valence electrons. The van der Waals surface area contributed by atoms with Gasteiger partial charge in [0, 0.05) is 13.7 Å². The first kappa shape index (κ1) is 33.9. The van der Waals surface area contributed by atoms with Gasteiger partial charge in [-0.1, -0.05) is 124 Å². The highest BCUT2D eigenvalue weighted by atomic mass is 16.6. The van der Waals surface area contributed by atoms with Crippen molar-refractivity contribution in [3.8, 4) is 0 Å². The van der Waals surface area contributed by atoms with Gasteiger partial charge in [-0.3, -0.25) is 0 Å². The van der Waals surface area contributed by atoms with E-state index < -0.39 is 5.60 Å². The van der Waals surface area contributed by atoms with Crippen molar-refractivity contribution in [2.24, 2.45) is 0 Å². The van der Waals surface area contributed by atoms with Crippen LogP contribution in [0.4, 0.5) is 0 Å². The third-order valence-electron chi connectivity index (χ3n) is 8.16. The molecular formula is C31H63BO4. The molecule has 1 fully saturated rings. The predicted molar refractivity (Wildman–Crippen MR) is 157 cm³/mol. The smallest absolute Gasteiger partial charge is 0.142 e. The van der Waals surface area contributed by atoms with Crippen LogP contribution in [-0.2, 0) is 18.9 Å². The predicted octanol–water partition coefficient (Wildman–Crippen LogP) is 7.99. The van der Waals surface area contributed by atoms with Crippen LogP contribution >= 0.6 is 0 Å². The summed E-state index contributed by atoms with van der Waals surface area (Å²) < 4.78 is 25.9. The monoisotopic (exact) mass is 510 g/mol. The van der Waals surface area contributed by atoms with E-state index in [1.807, 2.05) is 7.11 Å². The molecule has 1 aliphatic heterocycles. The van der Waals surface area contributed by atoms with Crippen molar-refractivity contribution in [3.05, 3.63) is 0 Å². The van der Waals surface area contributed by atoms with Gasteiger partial charge in [0.2, 0.25) is 0 Å². The van der Waals surface area contributed by atoms with Crippen molar-refractivity contribution >= 4 is 7.85 Å². The van der Waals surface area contributed by atoms with Crippen LogP contribution < -0.4 is 0 Å². The summed E-state index contributed by atoms with van der Waals surface area (Å²) in [5.41, 5.74) is -0.412. The normalized spacial score (nSPS) is 24.2. The van der Waals surface area contributed by atoms with Crippen LogP contribution in [-0.4, -0.2) is 58.1 Å². The molecule has 1 heterocycles. The standard InChI is InChI=1S/C31H63BO4/c1-6-10-13-16-19-22-25-34-26-31(9-4)29(28(33-5)30(32)36-31)35-27(23-20-17-14-11-7-2)24-21-18-15-12-8-3/h27-30H,6-26,32H2,1-5H3/t28-,29+,30-,31-/m1/s1. The maximum absolute atomic E-state index is 7.00. The maximum atomic E-state index is 7.00. The van der Waals surface area contributed by atoms with Gasteiger partial charge in [0.25, 0.3) is 0 Å². The number of ether oxygens (including phenoxy) is 4. The maximum Gasteiger partial charge on any atom is 0.142 e. The van der Waals surface area contributed by atoms with E-state index in [0.717, 1.165) is 32.3 Å². The van der Waals surface area contributed by atoms with Gasteiger partial charge >= 0.3 is 0 Å². The molecule has 0 aliphatic carbocycles. The van der Waals surface area contributed by atoms with Crippen molar-refractivity contribution in [3.63, 3.8) is 0 Å². The highest BCUT2D eigenvalue weighted by Gasteiger charge is 2.54. The van der Waals surface area contributed by atoms with Crippen molar-refractivity contribution in [1.29, 1.82) is 0 Å². The van der Waals surface area contributed by atoms with Gasteiger partial charge in [0.1, 0.15) is 25.7 Å². The highest BCUT2D eigenvalue weighted by Crippen LogP contribution is 2.38. The SMILES string of the molecule is B[C@@H]1O[C@](CC)(COCCCCCCCC)[C@@H](OC(CCCCCCC)CCCCCCC)[C@H]1OC. The topological polar surface area (TPSA) is 36.9 Å². The zero-order valence-electron chi connectivity index (χ0n) is 25.3. The summed E-state index contributed by atoms with van der Waals surface area (Å²) in [6, 6.07) is 0.0207. The minimum Gasteiger partial charge on any atom is -0.378 e. The number of methoxy groups -OCH3 is 1. The van der Waals surface area contributed by atoms with Crippen LogP contribution in [0.15, 0.2) is 0 Å². The lowest BCUT2D eigenvalue weighted by Crippen LogP contribution is -2.50. The van der Waals surface area contributed by atoms with E-state index in [-0.39, 0.29) is 24.3 Å². The molecule has 0 unspecified atom stereocenters. The fourth-order valence-electron chi connectivity index (χ4n) is 5.74. The average Bonchev–Trinajstić information content (AvgIpc) is 3.15. The molecule has 0 aromatic rings. The minimum absolute atomic E-state index is 0.0207. The molecule has 0 aromatic carbocycles. The van der Waals surface area contributed by atoms with E-state index in [1.54, 1.807) is 0 Å². The molecule has 36 heavy (non-hydrogen) atoms. The van der Waals surface area contributed by atoms with Gasteiger partial charge in [-0.25, -0.2) is 0 Å². The Kier molecular flexibility index (Phi) is 20.5. The third-order valence-corrected chi connectivity index (χ3v) is 8.16. The first-order valence-corrected chi connectivity index (χ1v) is 16.0. The Morgan fingerprint density at radius 3 is 1.72 bits per heavy atom. The summed E-state index contributed by atoms with van der Waals surface area (Å²) in [6.45, 7) is 10.5. The summed E-state index contributed by atoms with van der Waals surface area (Å²) in [4.78, 5) is 0. The van der Waals surface area contributed by atoms with Crippen LogP contribution in [0, 0.1) is 0 Å². The molecule has 0 saturated carbocycles. The molecule has 5 heteroatoms. The van der Waals surface area contributed by atoms with E-state index in [2.05, 4.69) is 35.5 Å². The molecule has 0 spiro atoms. The zero-order chi connectivity index (χ0) is 26.5. The third kappa shape index (κ3) is 13.1. The van der Waals surface area contributed by atoms with Crippen LogP contribution in [0.3, 0.4) is 0 Å². The lowest BCUT2D eigenvalue weighted by atomic mass is 9.87. The number of hydrogen-bond donors (Lipinski definition) is 0. The second-order valence-electron chi connectivity index (χ2n) is 11.3. The average molecular weight is 511 g/mol. The summed E-state index contributed by atoms with van der Waals surface area (Å²) >= 11 is 0. The molecule has 4 nitrogen and oxygen atoms in total. The van der Waals surface area contributed by atoms with Gasteiger partial charge in [-0.2, -0.15) is 0 Å². The fourth-order valence-corrected chi connectivity index (χ4v) is 5.74. The van der Waals surface area contributed by atoms with E-state index in [0.29, 0.717) is 6.61 Å². The molecule has 4 atom stereocenters. The van der Waals surface area contributed by atoms with E-state index in [9.17, 15) is 0 Å². The van der Waals surface area contributed by atoms with Crippen molar-refractivity contribution < 1.29 is 18.9 Å². The van der Waals surface area contributed by atoms with E-state index in [1.165, 1.54) is 96.3 Å². The highest BCUT2D eigenvalue weighted by molar-refractivity contribution is 6.11. The van der Waals surface area contributed by atoms with E-state index in [4.69, 9.17) is 18.9 Å². The molecule has 0 N–H and O–H groups in total. The van der Waals surface area contributed by atoms with Gasteiger partial charge in [-0.15, -0.1) is 0 Å². The molecule has 0 bridgehead atoms. The Bertz CT molecular complexity index is 477. The van der Waals surface area contributed by atoms with Crippen molar-refractivity contribution in [2.45, 2.75) is 180 Å². The molecule has 1 saturated heterocycles.